The van der Waals surface area contributed by atoms with E-state index < -0.39 is 24.4 Å². The predicted octanol–water partition coefficient (Wildman–Crippen LogP) is 1.40. The number of carboxylic acids is 1. The van der Waals surface area contributed by atoms with Crippen molar-refractivity contribution in [1.82, 2.24) is 9.88 Å². The van der Waals surface area contributed by atoms with E-state index in [1.165, 1.54) is 18.3 Å². The number of aromatic nitrogens is 1. The summed E-state index contributed by atoms with van der Waals surface area (Å²) in [4.78, 5) is 27.2. The third kappa shape index (κ3) is 3.80. The average molecular weight is 254 g/mol. The number of halogens is 1. The van der Waals surface area contributed by atoms with Crippen LogP contribution in [0.4, 0.5) is 4.39 Å². The summed E-state index contributed by atoms with van der Waals surface area (Å²) >= 11 is 0. The lowest BCUT2D eigenvalue weighted by Gasteiger charge is -2.22. The second kappa shape index (κ2) is 6.09. The Bertz CT molecular complexity index is 449. The minimum absolute atomic E-state index is 0.0908. The molecule has 0 saturated carbocycles. The van der Waals surface area contributed by atoms with Crippen LogP contribution in [0.15, 0.2) is 18.3 Å². The molecule has 6 heteroatoms. The van der Waals surface area contributed by atoms with Crippen molar-refractivity contribution in [1.29, 1.82) is 0 Å². The average Bonchev–Trinajstić information content (AvgIpc) is 2.26. The summed E-state index contributed by atoms with van der Waals surface area (Å²) in [5.41, 5.74) is -0.209. The zero-order chi connectivity index (χ0) is 13.7. The van der Waals surface area contributed by atoms with Gasteiger partial charge in [-0.15, -0.1) is 0 Å². The molecule has 0 spiro atoms. The van der Waals surface area contributed by atoms with Gasteiger partial charge in [0.05, 0.1) is 5.56 Å². The van der Waals surface area contributed by atoms with Gasteiger partial charge in [0.25, 0.3) is 5.91 Å². The highest BCUT2D eigenvalue weighted by Gasteiger charge is 2.22. The van der Waals surface area contributed by atoms with Gasteiger partial charge >= 0.3 is 5.97 Å². The fraction of sp³-hybridized carbons (Fsp3) is 0.417. The molecule has 5 nitrogen and oxygen atoms in total. The first kappa shape index (κ1) is 14.1. The second-order valence-electron chi connectivity index (χ2n) is 4.32. The molecule has 0 fully saturated rings. The fourth-order valence-corrected chi connectivity index (χ4v) is 1.54. The van der Waals surface area contributed by atoms with E-state index in [0.717, 1.165) is 4.90 Å². The molecule has 0 atom stereocenters. The van der Waals surface area contributed by atoms with Crippen LogP contribution < -0.4 is 0 Å². The highest BCUT2D eigenvalue weighted by Crippen LogP contribution is 2.09. The van der Waals surface area contributed by atoms with Gasteiger partial charge in [0.2, 0.25) is 5.95 Å². The van der Waals surface area contributed by atoms with E-state index in [-0.39, 0.29) is 18.0 Å². The fourth-order valence-electron chi connectivity index (χ4n) is 1.54. The molecule has 0 aliphatic carbocycles. The lowest BCUT2D eigenvalue weighted by atomic mass is 10.1. The molecular formula is C12H15FN2O3. The van der Waals surface area contributed by atoms with Crippen molar-refractivity contribution in [3.05, 3.63) is 29.8 Å². The smallest absolute Gasteiger partial charge is 0.323 e. The first-order chi connectivity index (χ1) is 8.41. The van der Waals surface area contributed by atoms with Crippen molar-refractivity contribution in [2.45, 2.75) is 13.8 Å². The lowest BCUT2D eigenvalue weighted by Crippen LogP contribution is -2.38. The molecule has 0 saturated heterocycles. The Morgan fingerprint density at radius 1 is 1.50 bits per heavy atom. The van der Waals surface area contributed by atoms with Crippen LogP contribution in [-0.2, 0) is 4.79 Å². The van der Waals surface area contributed by atoms with Crippen LogP contribution >= 0.6 is 0 Å². The molecule has 1 heterocycles. The molecule has 98 valence electrons. The topological polar surface area (TPSA) is 70.5 Å². The van der Waals surface area contributed by atoms with Crippen molar-refractivity contribution < 1.29 is 19.1 Å². The molecule has 0 aliphatic rings. The van der Waals surface area contributed by atoms with Crippen LogP contribution in [0.5, 0.6) is 0 Å². The molecule has 0 aliphatic heterocycles. The third-order valence-electron chi connectivity index (χ3n) is 2.19. The summed E-state index contributed by atoms with van der Waals surface area (Å²) in [5.74, 6) is -2.58. The Morgan fingerprint density at radius 3 is 2.67 bits per heavy atom. The van der Waals surface area contributed by atoms with Gasteiger partial charge in [-0.3, -0.25) is 9.59 Å². The van der Waals surface area contributed by atoms with Gasteiger partial charge in [0.1, 0.15) is 6.54 Å². The van der Waals surface area contributed by atoms with Crippen molar-refractivity contribution >= 4 is 11.9 Å². The molecule has 1 aromatic rings. The normalized spacial score (nSPS) is 10.4. The van der Waals surface area contributed by atoms with Crippen LogP contribution in [0.2, 0.25) is 0 Å². The van der Waals surface area contributed by atoms with Gasteiger partial charge < -0.3 is 10.0 Å². The van der Waals surface area contributed by atoms with Crippen LogP contribution in [0, 0.1) is 11.9 Å². The van der Waals surface area contributed by atoms with Gasteiger partial charge in [0.15, 0.2) is 0 Å². The van der Waals surface area contributed by atoms with Gasteiger partial charge in [-0.2, -0.15) is 4.39 Å². The monoisotopic (exact) mass is 254 g/mol. The summed E-state index contributed by atoms with van der Waals surface area (Å²) in [6, 6.07) is 2.73. The third-order valence-corrected chi connectivity index (χ3v) is 2.19. The largest absolute Gasteiger partial charge is 0.480 e. The molecule has 1 rings (SSSR count). The number of amides is 1. The summed E-state index contributed by atoms with van der Waals surface area (Å²) < 4.78 is 13.4. The van der Waals surface area contributed by atoms with E-state index in [1.54, 1.807) is 0 Å². The summed E-state index contributed by atoms with van der Waals surface area (Å²) in [6.45, 7) is 3.49. The molecule has 0 radical (unpaired) electrons. The van der Waals surface area contributed by atoms with E-state index in [0.29, 0.717) is 0 Å². The van der Waals surface area contributed by atoms with E-state index in [2.05, 4.69) is 4.98 Å². The standard InChI is InChI=1S/C12H15FN2O3/c1-8(2)6-15(7-10(16)17)12(18)9-4-3-5-14-11(9)13/h3-5,8H,6-7H2,1-2H3,(H,16,17). The molecule has 0 bridgehead atoms. The van der Waals surface area contributed by atoms with E-state index in [1.807, 2.05) is 13.8 Å². The summed E-state index contributed by atoms with van der Waals surface area (Å²) in [5, 5.41) is 8.76. The zero-order valence-corrected chi connectivity index (χ0v) is 10.3. The number of hydrogen-bond donors (Lipinski definition) is 1. The van der Waals surface area contributed by atoms with Gasteiger partial charge in [-0.25, -0.2) is 4.98 Å². The van der Waals surface area contributed by atoms with Crippen LogP contribution in [0.1, 0.15) is 24.2 Å². The Morgan fingerprint density at radius 2 is 2.17 bits per heavy atom. The maximum atomic E-state index is 13.4. The molecule has 18 heavy (non-hydrogen) atoms. The Balaban J connectivity index is 2.95. The van der Waals surface area contributed by atoms with E-state index in [9.17, 15) is 14.0 Å². The van der Waals surface area contributed by atoms with Crippen LogP contribution in [0.3, 0.4) is 0 Å². The van der Waals surface area contributed by atoms with Crippen LogP contribution in [-0.4, -0.2) is 40.0 Å². The first-order valence-corrected chi connectivity index (χ1v) is 5.53. The number of aliphatic carboxylic acids is 1. The van der Waals surface area contributed by atoms with Gasteiger partial charge in [-0.1, -0.05) is 13.8 Å². The Labute approximate surface area is 104 Å². The minimum atomic E-state index is -1.13. The van der Waals surface area contributed by atoms with Crippen molar-refractivity contribution in [2.75, 3.05) is 13.1 Å². The quantitative estimate of drug-likeness (QED) is 0.806. The number of pyridine rings is 1. The highest BCUT2D eigenvalue weighted by molar-refractivity contribution is 5.95. The van der Waals surface area contributed by atoms with E-state index >= 15 is 0 Å². The number of rotatable bonds is 5. The minimum Gasteiger partial charge on any atom is -0.480 e. The number of carboxylic acid groups (broad SMARTS) is 1. The van der Waals surface area contributed by atoms with Crippen molar-refractivity contribution in [2.24, 2.45) is 5.92 Å². The molecule has 1 aromatic heterocycles. The maximum Gasteiger partial charge on any atom is 0.323 e. The Hall–Kier alpha value is -1.98. The number of carbonyl (C=O) groups is 2. The van der Waals surface area contributed by atoms with Crippen LogP contribution in [0.25, 0.3) is 0 Å². The van der Waals surface area contributed by atoms with Crippen molar-refractivity contribution in [3.8, 4) is 0 Å². The maximum absolute atomic E-state index is 13.4. The number of carbonyl (C=O) groups excluding carboxylic acids is 1. The SMILES string of the molecule is CC(C)CN(CC(=O)O)C(=O)c1cccnc1F. The van der Waals surface area contributed by atoms with Gasteiger partial charge in [0, 0.05) is 12.7 Å². The zero-order valence-electron chi connectivity index (χ0n) is 10.3. The number of hydrogen-bond acceptors (Lipinski definition) is 3. The van der Waals surface area contributed by atoms with Gasteiger partial charge in [-0.05, 0) is 18.1 Å². The lowest BCUT2D eigenvalue weighted by molar-refractivity contribution is -0.137. The number of nitrogens with zero attached hydrogens (tertiary/aromatic N) is 2. The molecular weight excluding hydrogens is 239 g/mol. The molecule has 1 amide bonds. The summed E-state index contributed by atoms with van der Waals surface area (Å²) in [7, 11) is 0. The molecule has 0 aromatic carbocycles. The molecule has 1 N–H and O–H groups in total. The molecule has 0 unspecified atom stereocenters. The second-order valence-corrected chi connectivity index (χ2v) is 4.32. The highest BCUT2D eigenvalue weighted by atomic mass is 19.1. The Kier molecular flexibility index (Phi) is 4.76. The first-order valence-electron chi connectivity index (χ1n) is 5.53. The van der Waals surface area contributed by atoms with E-state index in [4.69, 9.17) is 5.11 Å². The predicted molar refractivity (Wildman–Crippen MR) is 62.6 cm³/mol. The summed E-state index contributed by atoms with van der Waals surface area (Å²) in [6.07, 6.45) is 1.23. The van der Waals surface area contributed by atoms with Crippen molar-refractivity contribution in [3.63, 3.8) is 0 Å².